The van der Waals surface area contributed by atoms with Crippen molar-refractivity contribution in [3.63, 3.8) is 0 Å². The minimum absolute atomic E-state index is 0.0897. The van der Waals surface area contributed by atoms with E-state index in [0.717, 1.165) is 10.5 Å². The van der Waals surface area contributed by atoms with Crippen molar-refractivity contribution in [2.75, 3.05) is 12.0 Å². The smallest absolute Gasteiger partial charge is 0.336 e. The number of carbonyl (C=O) groups excluding carboxylic acids is 4. The number of hydrogen-bond donors (Lipinski definition) is 1. The molecule has 0 spiro atoms. The topological polar surface area (TPSA) is 102 Å². The van der Waals surface area contributed by atoms with Crippen LogP contribution >= 0.6 is 31.9 Å². The van der Waals surface area contributed by atoms with E-state index in [4.69, 9.17) is 9.47 Å². The standard InChI is InChI=1S/C27H18Br2N2O6/c1-36-20-10-8-19(9-11-20)31-26(34)21(25(33)30-27(31)35)14-17-13-18(28)15-22(29)24(17)37-23(32)12-7-16-5-3-2-4-6-16/h2-15H,1H3,(H,30,33,35)/b12-7+,21-14-. The average molecular weight is 626 g/mol. The molecule has 4 amide bonds. The van der Waals surface area contributed by atoms with Gasteiger partial charge in [0.1, 0.15) is 11.3 Å². The minimum Gasteiger partial charge on any atom is -0.497 e. The van der Waals surface area contributed by atoms with Crippen molar-refractivity contribution in [3.8, 4) is 11.5 Å². The highest BCUT2D eigenvalue weighted by Crippen LogP contribution is 2.35. The van der Waals surface area contributed by atoms with Crippen LogP contribution in [0.15, 0.2) is 87.3 Å². The van der Waals surface area contributed by atoms with Gasteiger partial charge in [-0.2, -0.15) is 0 Å². The minimum atomic E-state index is -0.884. The molecule has 1 aliphatic heterocycles. The van der Waals surface area contributed by atoms with Gasteiger partial charge in [-0.05, 0) is 70.0 Å². The lowest BCUT2D eigenvalue weighted by molar-refractivity contribution is -0.129. The van der Waals surface area contributed by atoms with E-state index in [9.17, 15) is 19.2 Å². The van der Waals surface area contributed by atoms with Gasteiger partial charge in [0.15, 0.2) is 5.75 Å². The van der Waals surface area contributed by atoms with E-state index in [2.05, 4.69) is 37.2 Å². The number of rotatable bonds is 6. The number of carbonyl (C=O) groups is 4. The first-order valence-electron chi connectivity index (χ1n) is 10.8. The molecule has 3 aromatic carbocycles. The molecule has 0 atom stereocenters. The second kappa shape index (κ2) is 11.4. The third-order valence-electron chi connectivity index (χ3n) is 5.18. The van der Waals surface area contributed by atoms with E-state index in [-0.39, 0.29) is 22.6 Å². The van der Waals surface area contributed by atoms with E-state index in [1.165, 1.54) is 31.4 Å². The average Bonchev–Trinajstić information content (AvgIpc) is 2.88. The van der Waals surface area contributed by atoms with E-state index in [1.807, 2.05) is 30.3 Å². The molecule has 10 heteroatoms. The fourth-order valence-electron chi connectivity index (χ4n) is 3.44. The van der Waals surface area contributed by atoms with Crippen molar-refractivity contribution in [2.45, 2.75) is 0 Å². The van der Waals surface area contributed by atoms with Crippen molar-refractivity contribution in [1.29, 1.82) is 0 Å². The van der Waals surface area contributed by atoms with Crippen LogP contribution in [-0.2, 0) is 14.4 Å². The zero-order valence-electron chi connectivity index (χ0n) is 19.2. The van der Waals surface area contributed by atoms with Crippen LogP contribution in [0.3, 0.4) is 0 Å². The first-order valence-corrected chi connectivity index (χ1v) is 12.3. The monoisotopic (exact) mass is 624 g/mol. The number of benzene rings is 3. The number of halogens is 2. The predicted molar refractivity (Wildman–Crippen MR) is 145 cm³/mol. The Kier molecular flexibility index (Phi) is 8.00. The predicted octanol–water partition coefficient (Wildman–Crippen LogP) is 5.51. The highest BCUT2D eigenvalue weighted by Gasteiger charge is 2.37. The number of barbiturate groups is 1. The molecule has 0 aromatic heterocycles. The maximum atomic E-state index is 13.3. The van der Waals surface area contributed by atoms with Gasteiger partial charge >= 0.3 is 12.0 Å². The van der Waals surface area contributed by atoms with Crippen LogP contribution in [0.25, 0.3) is 12.2 Å². The van der Waals surface area contributed by atoms with E-state index >= 15 is 0 Å². The number of esters is 1. The number of hydrogen-bond acceptors (Lipinski definition) is 6. The Balaban J connectivity index is 1.68. The molecule has 0 bridgehead atoms. The molecule has 1 N–H and O–H groups in total. The molecule has 4 rings (SSSR count). The van der Waals surface area contributed by atoms with Crippen LogP contribution < -0.4 is 19.7 Å². The van der Waals surface area contributed by atoms with Gasteiger partial charge in [0, 0.05) is 16.1 Å². The van der Waals surface area contributed by atoms with Gasteiger partial charge in [-0.15, -0.1) is 0 Å². The van der Waals surface area contributed by atoms with Crippen LogP contribution in [0.2, 0.25) is 0 Å². The van der Waals surface area contributed by atoms with Crippen LogP contribution in [0.5, 0.6) is 11.5 Å². The summed E-state index contributed by atoms with van der Waals surface area (Å²) in [6.45, 7) is 0. The van der Waals surface area contributed by atoms with Gasteiger partial charge in [0.05, 0.1) is 17.3 Å². The Bertz CT molecular complexity index is 1450. The second-order valence-electron chi connectivity index (χ2n) is 7.63. The van der Waals surface area contributed by atoms with Gasteiger partial charge in [-0.3, -0.25) is 14.9 Å². The number of amides is 4. The Morgan fingerprint density at radius 1 is 0.973 bits per heavy atom. The van der Waals surface area contributed by atoms with Crippen LogP contribution in [0, 0.1) is 0 Å². The lowest BCUT2D eigenvalue weighted by Gasteiger charge is -2.26. The zero-order chi connectivity index (χ0) is 26.5. The lowest BCUT2D eigenvalue weighted by atomic mass is 10.1. The molecule has 1 heterocycles. The molecule has 0 aliphatic carbocycles. The molecule has 1 fully saturated rings. The molecule has 1 aliphatic rings. The fourth-order valence-corrected chi connectivity index (χ4v) is 4.78. The summed E-state index contributed by atoms with van der Waals surface area (Å²) in [7, 11) is 1.49. The maximum absolute atomic E-state index is 13.3. The quantitative estimate of drug-likeness (QED) is 0.168. The zero-order valence-corrected chi connectivity index (χ0v) is 22.4. The number of urea groups is 1. The van der Waals surface area contributed by atoms with Crippen molar-refractivity contribution in [1.82, 2.24) is 5.32 Å². The summed E-state index contributed by atoms with van der Waals surface area (Å²) >= 11 is 6.73. The molecule has 0 radical (unpaired) electrons. The number of ether oxygens (including phenoxy) is 2. The second-order valence-corrected chi connectivity index (χ2v) is 9.40. The number of methoxy groups -OCH3 is 1. The number of imide groups is 2. The summed E-state index contributed by atoms with van der Waals surface area (Å²) < 4.78 is 11.7. The highest BCUT2D eigenvalue weighted by atomic mass is 79.9. The van der Waals surface area contributed by atoms with Crippen molar-refractivity contribution in [2.24, 2.45) is 0 Å². The summed E-state index contributed by atoms with van der Waals surface area (Å²) in [6, 6.07) is 17.8. The van der Waals surface area contributed by atoms with Gasteiger partial charge in [0.2, 0.25) is 0 Å². The Morgan fingerprint density at radius 2 is 1.68 bits per heavy atom. The lowest BCUT2D eigenvalue weighted by Crippen LogP contribution is -2.54. The SMILES string of the molecule is COc1ccc(N2C(=O)NC(=O)/C(=C/c3cc(Br)cc(Br)c3OC(=O)/C=C/c3ccccc3)C2=O)cc1. The fraction of sp³-hybridized carbons (Fsp3) is 0.0370. The summed E-state index contributed by atoms with van der Waals surface area (Å²) in [5.74, 6) is -1.76. The van der Waals surface area contributed by atoms with Gasteiger partial charge in [0.25, 0.3) is 11.8 Å². The van der Waals surface area contributed by atoms with E-state index in [0.29, 0.717) is 14.7 Å². The van der Waals surface area contributed by atoms with Crippen LogP contribution in [0.4, 0.5) is 10.5 Å². The molecule has 0 saturated carbocycles. The molecule has 186 valence electrons. The molecular weight excluding hydrogens is 608 g/mol. The molecule has 8 nitrogen and oxygen atoms in total. The molecular formula is C27H18Br2N2O6. The highest BCUT2D eigenvalue weighted by molar-refractivity contribution is 9.11. The van der Waals surface area contributed by atoms with Crippen LogP contribution in [-0.4, -0.2) is 30.9 Å². The summed E-state index contributed by atoms with van der Waals surface area (Å²) in [5, 5.41) is 2.17. The number of nitrogens with zero attached hydrogens (tertiary/aromatic N) is 1. The molecule has 3 aromatic rings. The largest absolute Gasteiger partial charge is 0.497 e. The Labute approximate surface area is 228 Å². The third-order valence-corrected chi connectivity index (χ3v) is 6.23. The Morgan fingerprint density at radius 3 is 2.35 bits per heavy atom. The maximum Gasteiger partial charge on any atom is 0.336 e. The van der Waals surface area contributed by atoms with E-state index < -0.39 is 23.8 Å². The van der Waals surface area contributed by atoms with Gasteiger partial charge < -0.3 is 9.47 Å². The van der Waals surface area contributed by atoms with Crippen molar-refractivity contribution >= 4 is 73.5 Å². The summed E-state index contributed by atoms with van der Waals surface area (Å²) in [5.41, 5.74) is 0.988. The normalized spacial score (nSPS) is 14.7. The summed E-state index contributed by atoms with van der Waals surface area (Å²) in [6.07, 6.45) is 4.13. The number of anilines is 1. The van der Waals surface area contributed by atoms with E-state index in [1.54, 1.807) is 30.3 Å². The molecule has 1 saturated heterocycles. The van der Waals surface area contributed by atoms with Crippen LogP contribution in [0.1, 0.15) is 11.1 Å². The van der Waals surface area contributed by atoms with Crippen molar-refractivity contribution < 1.29 is 28.7 Å². The van der Waals surface area contributed by atoms with Crippen molar-refractivity contribution in [3.05, 3.63) is 98.5 Å². The summed E-state index contributed by atoms with van der Waals surface area (Å²) in [4.78, 5) is 51.8. The third kappa shape index (κ3) is 6.04. The first-order chi connectivity index (χ1) is 17.8. The molecule has 0 unspecified atom stereocenters. The van der Waals surface area contributed by atoms with Gasteiger partial charge in [-0.25, -0.2) is 14.5 Å². The van der Waals surface area contributed by atoms with Gasteiger partial charge in [-0.1, -0.05) is 46.3 Å². The Hall–Kier alpha value is -4.02. The molecule has 37 heavy (non-hydrogen) atoms. The number of nitrogens with one attached hydrogen (secondary N) is 1. The first kappa shape index (κ1) is 26.1.